The molecule has 1 aromatic heterocycles. The fraction of sp³-hybridized carbons (Fsp3) is 0.130. The highest BCUT2D eigenvalue weighted by Gasteiger charge is 2.28. The second kappa shape index (κ2) is 8.10. The fourth-order valence-corrected chi connectivity index (χ4v) is 3.52. The van der Waals surface area contributed by atoms with Gasteiger partial charge in [-0.05, 0) is 42.0 Å². The zero-order chi connectivity index (χ0) is 22.1. The minimum absolute atomic E-state index is 0.0563. The number of benzene rings is 2. The van der Waals surface area contributed by atoms with Crippen molar-refractivity contribution in [1.82, 2.24) is 4.98 Å². The van der Waals surface area contributed by atoms with Crippen LogP contribution in [0.1, 0.15) is 12.0 Å². The summed E-state index contributed by atoms with van der Waals surface area (Å²) >= 11 is 0. The summed E-state index contributed by atoms with van der Waals surface area (Å²) in [5.74, 6) is 0.311. The highest BCUT2D eigenvalue weighted by molar-refractivity contribution is 6.18. The van der Waals surface area contributed by atoms with E-state index in [1.54, 1.807) is 42.5 Å². The van der Waals surface area contributed by atoms with Gasteiger partial charge in [-0.1, -0.05) is 12.1 Å². The molecule has 32 heavy (non-hydrogen) atoms. The molecule has 1 N–H and O–H groups in total. The van der Waals surface area contributed by atoms with E-state index in [-0.39, 0.29) is 37.3 Å². The molecular weight excluding hydrogens is 415 g/mol. The monoisotopic (exact) mass is 432 g/mol. The number of carbonyl (C=O) groups excluding carboxylic acids is 2. The van der Waals surface area contributed by atoms with Crippen molar-refractivity contribution in [2.24, 2.45) is 4.99 Å². The molecule has 0 saturated carbocycles. The molecule has 2 aliphatic rings. The lowest BCUT2D eigenvalue weighted by Gasteiger charge is -2.20. The molecule has 2 aromatic carbocycles. The largest absolute Gasteiger partial charge is 0.454 e. The van der Waals surface area contributed by atoms with Gasteiger partial charge < -0.3 is 14.8 Å². The Hall–Kier alpha value is -4.27. The Morgan fingerprint density at radius 3 is 2.75 bits per heavy atom. The number of fused-ring (bicyclic) bond motifs is 2. The number of aromatic nitrogens is 1. The summed E-state index contributed by atoms with van der Waals surface area (Å²) < 4.78 is 23.9. The van der Waals surface area contributed by atoms with Gasteiger partial charge in [-0.2, -0.15) is 0 Å². The number of hydrogen-bond donors (Lipinski definition) is 1. The minimum Gasteiger partial charge on any atom is -0.454 e. The van der Waals surface area contributed by atoms with Crippen LogP contribution in [-0.4, -0.2) is 35.8 Å². The standard InChI is InChI=1S/C23H17FN4O4/c24-15-5-3-14(4-6-15)18-11-22(30)28(23-17(27-18)2-1-9-25-23)12-21(29)26-16-7-8-19-20(10-16)32-13-31-19/h1-10H,11-13H2,(H,26,29). The van der Waals surface area contributed by atoms with Crippen LogP contribution in [0, 0.1) is 5.82 Å². The van der Waals surface area contributed by atoms with Gasteiger partial charge >= 0.3 is 0 Å². The number of hydrogen-bond acceptors (Lipinski definition) is 6. The number of nitrogens with zero attached hydrogens (tertiary/aromatic N) is 3. The highest BCUT2D eigenvalue weighted by atomic mass is 19.1. The van der Waals surface area contributed by atoms with Crippen molar-refractivity contribution in [2.75, 3.05) is 23.6 Å². The van der Waals surface area contributed by atoms with Gasteiger partial charge in [0.1, 0.15) is 18.0 Å². The van der Waals surface area contributed by atoms with Gasteiger partial charge in [-0.25, -0.2) is 14.4 Å². The number of nitrogens with one attached hydrogen (secondary N) is 1. The molecule has 9 heteroatoms. The van der Waals surface area contributed by atoms with E-state index in [0.717, 1.165) is 0 Å². The lowest BCUT2D eigenvalue weighted by molar-refractivity contribution is -0.120. The zero-order valence-electron chi connectivity index (χ0n) is 16.7. The molecule has 3 aromatic rings. The summed E-state index contributed by atoms with van der Waals surface area (Å²) in [5.41, 5.74) is 2.07. The predicted octanol–water partition coefficient (Wildman–Crippen LogP) is 3.45. The lowest BCUT2D eigenvalue weighted by atomic mass is 10.1. The van der Waals surface area contributed by atoms with E-state index in [9.17, 15) is 14.0 Å². The molecule has 0 unspecified atom stereocenters. The first-order valence-corrected chi connectivity index (χ1v) is 9.85. The summed E-state index contributed by atoms with van der Waals surface area (Å²) in [6.45, 7) is -0.114. The maximum atomic E-state index is 13.3. The second-order valence-corrected chi connectivity index (χ2v) is 7.18. The van der Waals surface area contributed by atoms with Crippen molar-refractivity contribution in [3.63, 3.8) is 0 Å². The topological polar surface area (TPSA) is 93.1 Å². The Balaban J connectivity index is 1.38. The van der Waals surface area contributed by atoms with Crippen molar-refractivity contribution >= 4 is 34.7 Å². The van der Waals surface area contributed by atoms with Crippen LogP contribution in [0.3, 0.4) is 0 Å². The van der Waals surface area contributed by atoms with Crippen molar-refractivity contribution in [2.45, 2.75) is 6.42 Å². The average Bonchev–Trinajstić information content (AvgIpc) is 3.20. The number of anilines is 2. The Kier molecular flexibility index (Phi) is 4.98. The van der Waals surface area contributed by atoms with Gasteiger partial charge in [0, 0.05) is 18.0 Å². The van der Waals surface area contributed by atoms with Crippen LogP contribution in [0.25, 0.3) is 0 Å². The summed E-state index contributed by atoms with van der Waals surface area (Å²) in [6, 6.07) is 14.2. The number of aliphatic imine (C=N–C) groups is 1. The van der Waals surface area contributed by atoms with Gasteiger partial charge in [-0.3, -0.25) is 14.5 Å². The number of halogens is 1. The number of carbonyl (C=O) groups is 2. The van der Waals surface area contributed by atoms with E-state index in [1.807, 2.05) is 0 Å². The average molecular weight is 432 g/mol. The van der Waals surface area contributed by atoms with Crippen molar-refractivity contribution < 1.29 is 23.5 Å². The van der Waals surface area contributed by atoms with Crippen LogP contribution in [0.2, 0.25) is 0 Å². The van der Waals surface area contributed by atoms with Crippen LogP contribution >= 0.6 is 0 Å². The van der Waals surface area contributed by atoms with Crippen molar-refractivity contribution in [3.8, 4) is 11.5 Å². The quantitative estimate of drug-likeness (QED) is 0.682. The SMILES string of the molecule is O=C(CN1C(=O)CC(c2ccc(F)cc2)=Nc2cccnc21)Nc1ccc2c(c1)OCO2. The maximum absolute atomic E-state index is 13.3. The first-order chi connectivity index (χ1) is 15.6. The predicted molar refractivity (Wildman–Crippen MR) is 115 cm³/mol. The molecule has 0 aliphatic carbocycles. The molecule has 0 saturated heterocycles. The second-order valence-electron chi connectivity index (χ2n) is 7.18. The van der Waals surface area contributed by atoms with Crippen molar-refractivity contribution in [1.29, 1.82) is 0 Å². The van der Waals surface area contributed by atoms with Crippen LogP contribution in [0.15, 0.2) is 65.8 Å². The molecule has 0 radical (unpaired) electrons. The summed E-state index contributed by atoms with van der Waals surface area (Å²) in [5, 5.41) is 2.76. The lowest BCUT2D eigenvalue weighted by Crippen LogP contribution is -2.38. The number of rotatable bonds is 4. The van der Waals surface area contributed by atoms with Crippen molar-refractivity contribution in [3.05, 3.63) is 72.2 Å². The van der Waals surface area contributed by atoms with Gasteiger partial charge in [0.25, 0.3) is 0 Å². The highest BCUT2D eigenvalue weighted by Crippen LogP contribution is 2.34. The Morgan fingerprint density at radius 2 is 1.91 bits per heavy atom. The molecule has 2 amide bonds. The first-order valence-electron chi connectivity index (χ1n) is 9.85. The van der Waals surface area contributed by atoms with E-state index in [1.165, 1.54) is 23.2 Å². The van der Waals surface area contributed by atoms with E-state index in [2.05, 4.69) is 15.3 Å². The number of ether oxygens (including phenoxy) is 2. The third-order valence-corrected chi connectivity index (χ3v) is 5.03. The first kappa shape index (κ1) is 19.7. The Morgan fingerprint density at radius 1 is 1.09 bits per heavy atom. The third kappa shape index (κ3) is 3.87. The molecule has 0 atom stereocenters. The van der Waals surface area contributed by atoms with E-state index in [4.69, 9.17) is 9.47 Å². The number of amides is 2. The number of pyridine rings is 1. The Labute approximate surface area is 182 Å². The van der Waals surface area contributed by atoms with Gasteiger partial charge in [0.2, 0.25) is 18.6 Å². The summed E-state index contributed by atoms with van der Waals surface area (Å²) in [6.07, 6.45) is 1.48. The van der Waals surface area contributed by atoms with Gasteiger partial charge in [-0.15, -0.1) is 0 Å². The molecule has 0 spiro atoms. The molecular formula is C23H17FN4O4. The molecule has 2 aliphatic heterocycles. The molecule has 5 rings (SSSR count). The molecule has 3 heterocycles. The van der Waals surface area contributed by atoms with Crippen LogP contribution < -0.4 is 19.7 Å². The smallest absolute Gasteiger partial charge is 0.244 e. The van der Waals surface area contributed by atoms with Crippen LogP contribution in [0.4, 0.5) is 21.6 Å². The van der Waals surface area contributed by atoms with Gasteiger partial charge in [0.15, 0.2) is 17.3 Å². The molecule has 8 nitrogen and oxygen atoms in total. The molecule has 160 valence electrons. The molecule has 0 fully saturated rings. The minimum atomic E-state index is -0.404. The summed E-state index contributed by atoms with van der Waals surface area (Å²) in [7, 11) is 0. The third-order valence-electron chi connectivity index (χ3n) is 5.03. The van der Waals surface area contributed by atoms with Gasteiger partial charge in [0.05, 0.1) is 12.1 Å². The van der Waals surface area contributed by atoms with E-state index < -0.39 is 5.91 Å². The van der Waals surface area contributed by atoms with E-state index >= 15 is 0 Å². The fourth-order valence-electron chi connectivity index (χ4n) is 3.52. The molecule has 0 bridgehead atoms. The summed E-state index contributed by atoms with van der Waals surface area (Å²) in [4.78, 5) is 36.0. The normalized spacial score (nSPS) is 14.5. The van der Waals surface area contributed by atoms with E-state index in [0.29, 0.717) is 34.1 Å². The van der Waals surface area contributed by atoms with Crippen LogP contribution in [0.5, 0.6) is 11.5 Å². The van der Waals surface area contributed by atoms with Crippen LogP contribution in [-0.2, 0) is 9.59 Å². The maximum Gasteiger partial charge on any atom is 0.244 e. The Bertz CT molecular complexity index is 1240. The zero-order valence-corrected chi connectivity index (χ0v) is 16.7.